The van der Waals surface area contributed by atoms with E-state index < -0.39 is 0 Å². The maximum atomic E-state index is 8.28. The minimum absolute atomic E-state index is 0.00168. The van der Waals surface area contributed by atoms with Gasteiger partial charge in [-0.05, 0) is 17.7 Å². The first-order valence-electron chi connectivity index (χ1n) is 3.76. The molecule has 4 heteroatoms. The third kappa shape index (κ3) is 2.62. The van der Waals surface area contributed by atoms with Crippen LogP contribution < -0.4 is 10.5 Å². The molecule has 1 rings (SSSR count). The van der Waals surface area contributed by atoms with Crippen molar-refractivity contribution < 1.29 is 4.74 Å². The van der Waals surface area contributed by atoms with Crippen LogP contribution in [0.15, 0.2) is 18.2 Å². The molecular formula is C9H9ClN2O. The molecule has 0 unspecified atom stereocenters. The Labute approximate surface area is 81.7 Å². The monoisotopic (exact) mass is 196 g/mol. The molecule has 0 aliphatic rings. The molecule has 0 saturated carbocycles. The van der Waals surface area contributed by atoms with Gasteiger partial charge in [-0.3, -0.25) is 0 Å². The van der Waals surface area contributed by atoms with Crippen molar-refractivity contribution >= 4 is 11.6 Å². The third-order valence-corrected chi connectivity index (χ3v) is 1.82. The lowest BCUT2D eigenvalue weighted by atomic mass is 10.2. The Bertz CT molecular complexity index is 333. The second kappa shape index (κ2) is 4.70. The quantitative estimate of drug-likeness (QED) is 0.801. The zero-order valence-electron chi connectivity index (χ0n) is 6.96. The smallest absolute Gasteiger partial charge is 0.174 e. The molecule has 1 aromatic carbocycles. The predicted molar refractivity (Wildman–Crippen MR) is 50.5 cm³/mol. The molecule has 1 aromatic rings. The van der Waals surface area contributed by atoms with Gasteiger partial charge < -0.3 is 10.5 Å². The van der Waals surface area contributed by atoms with Crippen molar-refractivity contribution in [2.45, 2.75) is 6.54 Å². The molecule has 0 radical (unpaired) electrons. The van der Waals surface area contributed by atoms with Crippen LogP contribution in [0.4, 0.5) is 0 Å². The molecule has 2 N–H and O–H groups in total. The summed E-state index contributed by atoms with van der Waals surface area (Å²) in [5.74, 6) is 0.514. The largest absolute Gasteiger partial charge is 0.477 e. The van der Waals surface area contributed by atoms with Crippen molar-refractivity contribution in [3.63, 3.8) is 0 Å². The zero-order chi connectivity index (χ0) is 9.68. The fourth-order valence-electron chi connectivity index (χ4n) is 0.898. The molecule has 0 aliphatic carbocycles. The van der Waals surface area contributed by atoms with Crippen LogP contribution in [0.3, 0.4) is 0 Å². The molecule has 0 heterocycles. The second-order valence-corrected chi connectivity index (χ2v) is 2.82. The van der Waals surface area contributed by atoms with Gasteiger partial charge in [-0.2, -0.15) is 5.26 Å². The van der Waals surface area contributed by atoms with Gasteiger partial charge >= 0.3 is 0 Å². The van der Waals surface area contributed by atoms with E-state index in [9.17, 15) is 0 Å². The topological polar surface area (TPSA) is 59.0 Å². The molecular weight excluding hydrogens is 188 g/mol. The molecule has 0 aliphatic heterocycles. The SMILES string of the molecule is N#CCOc1ccc(CN)cc1Cl. The summed E-state index contributed by atoms with van der Waals surface area (Å²) in [6, 6.07) is 7.13. The maximum Gasteiger partial charge on any atom is 0.174 e. The summed E-state index contributed by atoms with van der Waals surface area (Å²) in [4.78, 5) is 0. The van der Waals surface area contributed by atoms with E-state index in [2.05, 4.69) is 0 Å². The van der Waals surface area contributed by atoms with Crippen LogP contribution in [0.2, 0.25) is 5.02 Å². The Morgan fingerprint density at radius 2 is 2.31 bits per heavy atom. The number of hydrogen-bond donors (Lipinski definition) is 1. The Balaban J connectivity index is 2.80. The summed E-state index contributed by atoms with van der Waals surface area (Å²) in [6.45, 7) is 0.444. The minimum Gasteiger partial charge on any atom is -0.477 e. The van der Waals surface area contributed by atoms with Crippen LogP contribution in [-0.4, -0.2) is 6.61 Å². The number of ether oxygens (including phenoxy) is 1. The number of halogens is 1. The highest BCUT2D eigenvalue weighted by molar-refractivity contribution is 6.32. The van der Waals surface area contributed by atoms with Crippen molar-refractivity contribution in [1.82, 2.24) is 0 Å². The molecule has 0 saturated heterocycles. The summed E-state index contributed by atoms with van der Waals surface area (Å²) in [5.41, 5.74) is 6.36. The summed E-state index contributed by atoms with van der Waals surface area (Å²) < 4.78 is 5.05. The van der Waals surface area contributed by atoms with Crippen molar-refractivity contribution in [2.24, 2.45) is 5.73 Å². The van der Waals surface area contributed by atoms with Gasteiger partial charge in [0.2, 0.25) is 0 Å². The van der Waals surface area contributed by atoms with Crippen LogP contribution in [0.5, 0.6) is 5.75 Å². The van der Waals surface area contributed by atoms with Crippen molar-refractivity contribution in [1.29, 1.82) is 5.26 Å². The minimum atomic E-state index is 0.00168. The molecule has 0 spiro atoms. The zero-order valence-corrected chi connectivity index (χ0v) is 7.71. The van der Waals surface area contributed by atoms with E-state index in [1.165, 1.54) is 0 Å². The number of rotatable bonds is 3. The van der Waals surface area contributed by atoms with Gasteiger partial charge in [-0.15, -0.1) is 0 Å². The van der Waals surface area contributed by atoms with Crippen molar-refractivity contribution in [3.05, 3.63) is 28.8 Å². The van der Waals surface area contributed by atoms with E-state index in [0.29, 0.717) is 17.3 Å². The molecule has 3 nitrogen and oxygen atoms in total. The van der Waals surface area contributed by atoms with Crippen LogP contribution in [0.1, 0.15) is 5.56 Å². The molecule has 0 amide bonds. The fourth-order valence-corrected chi connectivity index (χ4v) is 1.16. The van der Waals surface area contributed by atoms with E-state index in [4.69, 9.17) is 27.3 Å². The van der Waals surface area contributed by atoms with Gasteiger partial charge in [0.1, 0.15) is 11.8 Å². The van der Waals surface area contributed by atoms with E-state index in [1.807, 2.05) is 12.1 Å². The van der Waals surface area contributed by atoms with E-state index in [1.54, 1.807) is 12.1 Å². The lowest BCUT2D eigenvalue weighted by Crippen LogP contribution is -1.98. The highest BCUT2D eigenvalue weighted by atomic mass is 35.5. The van der Waals surface area contributed by atoms with Crippen molar-refractivity contribution in [2.75, 3.05) is 6.61 Å². The summed E-state index contributed by atoms with van der Waals surface area (Å²) in [7, 11) is 0. The summed E-state index contributed by atoms with van der Waals surface area (Å²) in [6.07, 6.45) is 0. The van der Waals surface area contributed by atoms with E-state index >= 15 is 0 Å². The Morgan fingerprint density at radius 3 is 2.85 bits per heavy atom. The molecule has 0 bridgehead atoms. The van der Waals surface area contributed by atoms with Crippen LogP contribution in [0, 0.1) is 11.3 Å². The van der Waals surface area contributed by atoms with E-state index in [0.717, 1.165) is 5.56 Å². The molecule has 0 fully saturated rings. The van der Waals surface area contributed by atoms with Gasteiger partial charge in [-0.1, -0.05) is 17.7 Å². The van der Waals surface area contributed by atoms with Gasteiger partial charge in [-0.25, -0.2) is 0 Å². The van der Waals surface area contributed by atoms with E-state index in [-0.39, 0.29) is 6.61 Å². The normalized spacial score (nSPS) is 9.31. The number of nitrogens with two attached hydrogens (primary N) is 1. The lowest BCUT2D eigenvalue weighted by molar-refractivity contribution is 0.368. The Kier molecular flexibility index (Phi) is 3.56. The first-order chi connectivity index (χ1) is 6.27. The predicted octanol–water partition coefficient (Wildman–Crippen LogP) is 1.70. The highest BCUT2D eigenvalue weighted by Gasteiger charge is 2.01. The van der Waals surface area contributed by atoms with Crippen LogP contribution in [0.25, 0.3) is 0 Å². The van der Waals surface area contributed by atoms with Crippen LogP contribution >= 0.6 is 11.6 Å². The first kappa shape index (κ1) is 9.85. The first-order valence-corrected chi connectivity index (χ1v) is 4.14. The van der Waals surface area contributed by atoms with Crippen LogP contribution in [-0.2, 0) is 6.54 Å². The Hall–Kier alpha value is -1.24. The summed E-state index contributed by atoms with van der Waals surface area (Å²) >= 11 is 5.85. The molecule has 0 aromatic heterocycles. The number of nitrogens with zero attached hydrogens (tertiary/aromatic N) is 1. The highest BCUT2D eigenvalue weighted by Crippen LogP contribution is 2.24. The van der Waals surface area contributed by atoms with Gasteiger partial charge in [0, 0.05) is 6.54 Å². The fraction of sp³-hybridized carbons (Fsp3) is 0.222. The Morgan fingerprint density at radius 1 is 1.54 bits per heavy atom. The third-order valence-electron chi connectivity index (χ3n) is 1.52. The van der Waals surface area contributed by atoms with Gasteiger partial charge in [0.15, 0.2) is 6.61 Å². The molecule has 68 valence electrons. The average Bonchev–Trinajstić information content (AvgIpc) is 2.16. The standard InChI is InChI=1S/C9H9ClN2O/c10-8-5-7(6-12)1-2-9(8)13-4-3-11/h1-2,5H,4,6,12H2. The maximum absolute atomic E-state index is 8.28. The number of hydrogen-bond acceptors (Lipinski definition) is 3. The summed E-state index contributed by atoms with van der Waals surface area (Å²) in [5, 5.41) is 8.77. The molecule has 13 heavy (non-hydrogen) atoms. The average molecular weight is 197 g/mol. The lowest BCUT2D eigenvalue weighted by Gasteiger charge is -2.05. The van der Waals surface area contributed by atoms with Gasteiger partial charge in [0.05, 0.1) is 5.02 Å². The van der Waals surface area contributed by atoms with Crippen molar-refractivity contribution in [3.8, 4) is 11.8 Å². The number of nitriles is 1. The van der Waals surface area contributed by atoms with Gasteiger partial charge in [0.25, 0.3) is 0 Å². The second-order valence-electron chi connectivity index (χ2n) is 2.42. The number of benzene rings is 1. The molecule has 0 atom stereocenters.